The Labute approximate surface area is 170 Å². The molecule has 0 heterocycles. The molecule has 0 aromatic heterocycles. The van der Waals surface area contributed by atoms with Crippen molar-refractivity contribution in [2.24, 2.45) is 11.8 Å². The van der Waals surface area contributed by atoms with Crippen LogP contribution in [0.2, 0.25) is 0 Å². The van der Waals surface area contributed by atoms with E-state index in [1.54, 1.807) is 0 Å². The molecular weight excluding hydrogens is 384 g/mol. The second-order valence-electron chi connectivity index (χ2n) is 7.35. The zero-order valence-electron chi connectivity index (χ0n) is 17.8. The van der Waals surface area contributed by atoms with Crippen LogP contribution in [0.1, 0.15) is 85.5 Å². The first-order valence-corrected chi connectivity index (χ1v) is 12.0. The topological polar surface area (TPSA) is 107 Å². The van der Waals surface area contributed by atoms with Gasteiger partial charge in [-0.15, -0.1) is 0 Å². The number of carbonyl (C=O) groups is 2. The molecule has 166 valence electrons. The van der Waals surface area contributed by atoms with Crippen molar-refractivity contribution in [3.63, 3.8) is 0 Å². The summed E-state index contributed by atoms with van der Waals surface area (Å²) in [4.78, 5) is 24.2. The summed E-state index contributed by atoms with van der Waals surface area (Å²) in [5.74, 6) is -1.61. The van der Waals surface area contributed by atoms with Crippen LogP contribution in [0.5, 0.6) is 0 Å². The van der Waals surface area contributed by atoms with E-state index >= 15 is 0 Å². The Kier molecular flexibility index (Phi) is 14.2. The van der Waals surface area contributed by atoms with Crippen LogP contribution in [0.4, 0.5) is 0 Å². The summed E-state index contributed by atoms with van der Waals surface area (Å²) in [5.41, 5.74) is 0. The van der Waals surface area contributed by atoms with Crippen LogP contribution < -0.4 is 0 Å². The zero-order chi connectivity index (χ0) is 21.6. The van der Waals surface area contributed by atoms with Crippen LogP contribution in [-0.2, 0) is 29.2 Å². The first-order chi connectivity index (χ1) is 13.2. The van der Waals surface area contributed by atoms with E-state index in [0.717, 1.165) is 51.4 Å². The lowest BCUT2D eigenvalue weighted by atomic mass is 10.0. The molecule has 0 aliphatic carbocycles. The molecule has 0 radical (unpaired) electrons. The van der Waals surface area contributed by atoms with E-state index in [2.05, 4.69) is 13.8 Å². The quantitative estimate of drug-likeness (QED) is 0.294. The number of esters is 2. The van der Waals surface area contributed by atoms with Crippen molar-refractivity contribution < 1.29 is 32.0 Å². The van der Waals surface area contributed by atoms with Gasteiger partial charge in [-0.2, -0.15) is 8.42 Å². The zero-order valence-corrected chi connectivity index (χ0v) is 18.6. The molecule has 0 saturated heterocycles. The van der Waals surface area contributed by atoms with Gasteiger partial charge in [-0.25, -0.2) is 0 Å². The van der Waals surface area contributed by atoms with Crippen LogP contribution in [0.25, 0.3) is 0 Å². The Morgan fingerprint density at radius 2 is 1.32 bits per heavy atom. The van der Waals surface area contributed by atoms with Crippen LogP contribution >= 0.6 is 0 Å². The van der Waals surface area contributed by atoms with Gasteiger partial charge < -0.3 is 9.47 Å². The van der Waals surface area contributed by atoms with Crippen LogP contribution in [0.3, 0.4) is 0 Å². The van der Waals surface area contributed by atoms with Crippen molar-refractivity contribution in [3.05, 3.63) is 0 Å². The Bertz CT molecular complexity index is 545. The largest absolute Gasteiger partial charge is 0.465 e. The number of carbonyl (C=O) groups excluding carboxylic acids is 2. The van der Waals surface area contributed by atoms with Gasteiger partial charge in [0.15, 0.2) is 5.25 Å². The third-order valence-corrected chi connectivity index (χ3v) is 6.08. The summed E-state index contributed by atoms with van der Waals surface area (Å²) >= 11 is 0. The van der Waals surface area contributed by atoms with Gasteiger partial charge in [-0.3, -0.25) is 14.1 Å². The molecular formula is C20H38O7S. The van der Waals surface area contributed by atoms with Crippen molar-refractivity contribution in [1.82, 2.24) is 0 Å². The van der Waals surface area contributed by atoms with E-state index in [0.29, 0.717) is 0 Å². The molecule has 0 rings (SSSR count). The van der Waals surface area contributed by atoms with E-state index in [1.165, 1.54) is 0 Å². The highest BCUT2D eigenvalue weighted by Crippen LogP contribution is 2.17. The lowest BCUT2D eigenvalue weighted by Gasteiger charge is -2.18. The highest BCUT2D eigenvalue weighted by molar-refractivity contribution is 7.87. The summed E-state index contributed by atoms with van der Waals surface area (Å²) < 4.78 is 42.8. The first-order valence-electron chi connectivity index (χ1n) is 10.5. The van der Waals surface area contributed by atoms with E-state index in [9.17, 15) is 22.6 Å². The van der Waals surface area contributed by atoms with Gasteiger partial charge >= 0.3 is 11.9 Å². The maximum Gasteiger partial charge on any atom is 0.327 e. The normalized spacial score (nSPS) is 14.9. The van der Waals surface area contributed by atoms with Gasteiger partial charge in [-0.05, 0) is 24.7 Å². The average Bonchev–Trinajstić information content (AvgIpc) is 2.65. The molecule has 0 bridgehead atoms. The predicted molar refractivity (Wildman–Crippen MR) is 108 cm³/mol. The molecule has 0 amide bonds. The molecule has 0 aliphatic heterocycles. The Hall–Kier alpha value is -1.15. The molecule has 7 nitrogen and oxygen atoms in total. The standard InChI is InChI=1S/C20H38O7S/c1-5-9-11-16(7-3)14-26-19(21)13-18(28(23,24)25)20(22)27-15-17(8-4)12-10-6-2/h16-18H,5-15H2,1-4H3,(H,23,24,25)/t16-,17+,18?/m0/s1. The lowest BCUT2D eigenvalue weighted by Crippen LogP contribution is -2.35. The van der Waals surface area contributed by atoms with Gasteiger partial charge in [0.25, 0.3) is 10.1 Å². The van der Waals surface area contributed by atoms with Gasteiger partial charge in [0.05, 0.1) is 19.6 Å². The highest BCUT2D eigenvalue weighted by atomic mass is 32.2. The summed E-state index contributed by atoms with van der Waals surface area (Å²) in [5, 5.41) is -1.95. The van der Waals surface area contributed by atoms with Crippen LogP contribution in [-0.4, -0.2) is 43.4 Å². The summed E-state index contributed by atoms with van der Waals surface area (Å²) in [7, 11) is -4.76. The van der Waals surface area contributed by atoms with E-state index in [1.807, 2.05) is 13.8 Å². The molecule has 0 spiro atoms. The minimum Gasteiger partial charge on any atom is -0.465 e. The third kappa shape index (κ3) is 11.6. The Balaban J connectivity index is 4.73. The van der Waals surface area contributed by atoms with Crippen molar-refractivity contribution in [1.29, 1.82) is 0 Å². The smallest absolute Gasteiger partial charge is 0.327 e. The van der Waals surface area contributed by atoms with E-state index in [4.69, 9.17) is 9.47 Å². The molecule has 0 fully saturated rings. The third-order valence-electron chi connectivity index (χ3n) is 5.00. The molecule has 1 N–H and O–H groups in total. The average molecular weight is 423 g/mol. The minimum absolute atomic E-state index is 0.0747. The Morgan fingerprint density at radius 3 is 1.71 bits per heavy atom. The van der Waals surface area contributed by atoms with Gasteiger partial charge in [0, 0.05) is 0 Å². The molecule has 28 heavy (non-hydrogen) atoms. The second-order valence-corrected chi connectivity index (χ2v) is 8.95. The minimum atomic E-state index is -4.76. The van der Waals surface area contributed by atoms with Crippen LogP contribution in [0, 0.1) is 11.8 Å². The second kappa shape index (κ2) is 14.8. The number of ether oxygens (including phenoxy) is 2. The maximum atomic E-state index is 12.2. The van der Waals surface area contributed by atoms with E-state index < -0.39 is 33.7 Å². The molecule has 8 heteroatoms. The Morgan fingerprint density at radius 1 is 0.857 bits per heavy atom. The fourth-order valence-electron chi connectivity index (χ4n) is 2.82. The number of hydrogen-bond donors (Lipinski definition) is 1. The molecule has 0 aliphatic rings. The van der Waals surface area contributed by atoms with E-state index in [-0.39, 0.29) is 25.0 Å². The number of rotatable bonds is 16. The molecule has 3 atom stereocenters. The number of unbranched alkanes of at least 4 members (excludes halogenated alkanes) is 2. The van der Waals surface area contributed by atoms with Gasteiger partial charge in [0.2, 0.25) is 0 Å². The maximum absolute atomic E-state index is 12.2. The summed E-state index contributed by atoms with van der Waals surface area (Å²) in [6.45, 7) is 8.35. The fourth-order valence-corrected chi connectivity index (χ4v) is 3.48. The van der Waals surface area contributed by atoms with Crippen LogP contribution in [0.15, 0.2) is 0 Å². The van der Waals surface area contributed by atoms with Crippen molar-refractivity contribution in [2.45, 2.75) is 90.7 Å². The van der Waals surface area contributed by atoms with Gasteiger partial charge in [0.1, 0.15) is 0 Å². The van der Waals surface area contributed by atoms with Crippen molar-refractivity contribution in [3.8, 4) is 0 Å². The monoisotopic (exact) mass is 422 g/mol. The van der Waals surface area contributed by atoms with Crippen molar-refractivity contribution in [2.75, 3.05) is 13.2 Å². The molecule has 1 unspecified atom stereocenters. The summed E-state index contributed by atoms with van der Waals surface area (Å²) in [6.07, 6.45) is 6.74. The first kappa shape index (κ1) is 26.9. The highest BCUT2D eigenvalue weighted by Gasteiger charge is 2.36. The predicted octanol–water partition coefficient (Wildman–Crippen LogP) is 4.15. The molecule has 0 saturated carbocycles. The lowest BCUT2D eigenvalue weighted by molar-refractivity contribution is -0.151. The fraction of sp³-hybridized carbons (Fsp3) is 0.900. The molecule has 0 aromatic carbocycles. The SMILES string of the molecule is CCCC[C@@H](CC)COC(=O)C(CC(=O)OC[C@@H](CC)CCCC)S(=O)(=O)O. The van der Waals surface area contributed by atoms with Gasteiger partial charge in [-0.1, -0.05) is 66.2 Å². The molecule has 0 aromatic rings. The van der Waals surface area contributed by atoms with Crippen molar-refractivity contribution >= 4 is 22.1 Å². The summed E-state index contributed by atoms with van der Waals surface area (Å²) in [6, 6.07) is 0. The number of hydrogen-bond acceptors (Lipinski definition) is 6.